The average molecular weight is 842 g/mol. The van der Waals surface area contributed by atoms with Gasteiger partial charge in [0.2, 0.25) is 5.71 Å². The summed E-state index contributed by atoms with van der Waals surface area (Å²) < 4.78 is 6.36. The van der Waals surface area contributed by atoms with E-state index >= 15 is 0 Å². The SMILES string of the molecule is Cc1c[c-]c(-c2cc(C)c(C)cn2)cc1.Cc1cnc(-c2[c-]ccc3c2oc2nc(-c4c(C)cc(-c5ccccc5)cc4C)ccc23)cc1C.[Ir]. The molecule has 0 unspecified atom stereocenters. The van der Waals surface area contributed by atoms with Crippen LogP contribution in [0.25, 0.3) is 67.0 Å². The van der Waals surface area contributed by atoms with Crippen LogP contribution in [0.4, 0.5) is 0 Å². The molecule has 4 heterocycles. The van der Waals surface area contributed by atoms with Crippen LogP contribution >= 0.6 is 0 Å². The van der Waals surface area contributed by atoms with Crippen LogP contribution in [0.15, 0.2) is 114 Å². The van der Waals surface area contributed by atoms with Crippen molar-refractivity contribution in [2.75, 3.05) is 0 Å². The van der Waals surface area contributed by atoms with E-state index in [4.69, 9.17) is 9.40 Å². The van der Waals surface area contributed by atoms with Crippen LogP contribution in [0.2, 0.25) is 0 Å². The summed E-state index contributed by atoms with van der Waals surface area (Å²) in [6.07, 6.45) is 3.82. The Bertz CT molecular complexity index is 2480. The molecule has 0 fully saturated rings. The molecule has 4 aromatic heterocycles. The Labute approximate surface area is 314 Å². The van der Waals surface area contributed by atoms with E-state index < -0.39 is 0 Å². The van der Waals surface area contributed by atoms with E-state index in [-0.39, 0.29) is 20.1 Å². The van der Waals surface area contributed by atoms with E-state index in [2.05, 4.69) is 143 Å². The number of fused-ring (bicyclic) bond motifs is 3. The first-order valence-electron chi connectivity index (χ1n) is 16.9. The molecule has 255 valence electrons. The summed E-state index contributed by atoms with van der Waals surface area (Å²) in [5.74, 6) is 0. The molecule has 0 atom stereocenters. The molecule has 0 bridgehead atoms. The van der Waals surface area contributed by atoms with Gasteiger partial charge in [0.05, 0.1) is 11.3 Å². The normalized spacial score (nSPS) is 10.9. The minimum absolute atomic E-state index is 0. The van der Waals surface area contributed by atoms with Gasteiger partial charge >= 0.3 is 0 Å². The van der Waals surface area contributed by atoms with E-state index in [1.807, 2.05) is 36.7 Å². The van der Waals surface area contributed by atoms with Crippen molar-refractivity contribution in [3.05, 3.63) is 161 Å². The predicted octanol–water partition coefficient (Wildman–Crippen LogP) is 11.9. The minimum atomic E-state index is 0. The Balaban J connectivity index is 0.000000236. The fourth-order valence-corrected chi connectivity index (χ4v) is 6.31. The maximum atomic E-state index is 6.36. The molecule has 0 saturated carbocycles. The zero-order chi connectivity index (χ0) is 34.9. The fraction of sp³-hybridized carbons (Fsp3) is 0.152. The molecule has 0 spiro atoms. The zero-order valence-corrected chi connectivity index (χ0v) is 32.4. The van der Waals surface area contributed by atoms with Crippen LogP contribution in [0.5, 0.6) is 0 Å². The van der Waals surface area contributed by atoms with Gasteiger partial charge in [-0.1, -0.05) is 83.6 Å². The van der Waals surface area contributed by atoms with Crippen LogP contribution in [0.3, 0.4) is 0 Å². The molecule has 4 nitrogen and oxygen atoms in total. The summed E-state index contributed by atoms with van der Waals surface area (Å²) in [7, 11) is 0. The molecule has 0 aliphatic heterocycles. The first-order valence-corrected chi connectivity index (χ1v) is 16.9. The van der Waals surface area contributed by atoms with Crippen molar-refractivity contribution < 1.29 is 24.5 Å². The second-order valence-electron chi connectivity index (χ2n) is 13.2. The van der Waals surface area contributed by atoms with E-state index in [9.17, 15) is 0 Å². The first-order chi connectivity index (χ1) is 24.2. The van der Waals surface area contributed by atoms with E-state index in [1.54, 1.807) is 0 Å². The quantitative estimate of drug-likeness (QED) is 0.166. The van der Waals surface area contributed by atoms with Crippen LogP contribution < -0.4 is 0 Å². The van der Waals surface area contributed by atoms with Crippen molar-refractivity contribution in [2.24, 2.45) is 0 Å². The summed E-state index contributed by atoms with van der Waals surface area (Å²) in [6.45, 7) is 14.7. The molecule has 0 saturated heterocycles. The third kappa shape index (κ3) is 7.32. The molecule has 0 amide bonds. The Kier molecular flexibility index (Phi) is 10.4. The molecule has 1 radical (unpaired) electrons. The number of hydrogen-bond donors (Lipinski definition) is 0. The van der Waals surface area contributed by atoms with Gasteiger partial charge in [-0.3, -0.25) is 0 Å². The Morgan fingerprint density at radius 1 is 0.549 bits per heavy atom. The second-order valence-corrected chi connectivity index (χ2v) is 13.2. The number of nitrogens with zero attached hydrogens (tertiary/aromatic N) is 3. The van der Waals surface area contributed by atoms with Crippen molar-refractivity contribution in [2.45, 2.75) is 48.5 Å². The van der Waals surface area contributed by atoms with E-state index in [0.29, 0.717) is 5.71 Å². The summed E-state index contributed by atoms with van der Waals surface area (Å²) in [6, 6.07) is 40.1. The number of benzene rings is 4. The van der Waals surface area contributed by atoms with Gasteiger partial charge < -0.3 is 14.4 Å². The van der Waals surface area contributed by atoms with Crippen molar-refractivity contribution in [1.29, 1.82) is 0 Å². The van der Waals surface area contributed by atoms with Gasteiger partial charge in [0, 0.05) is 43.4 Å². The molecule has 8 aromatic rings. The standard InChI is InChI=1S/C32H25N2O.C14H14N.Ir/c1-19-17-29(33-18-22(19)4)27-12-8-11-25-26-13-14-28(34-32(26)35-31(25)27)30-20(2)15-24(16-21(30)3)23-9-6-5-7-10-23;1-10-4-6-13(7-5-10)14-8-11(2)12(3)9-15-14;/h5-11,13-18H,1-4H3;4-6,8-9H,1-3H3;/q2*-1;. The van der Waals surface area contributed by atoms with Gasteiger partial charge in [0.15, 0.2) is 0 Å². The maximum Gasteiger partial charge on any atom is 0.216 e. The smallest absolute Gasteiger partial charge is 0.216 e. The van der Waals surface area contributed by atoms with E-state index in [1.165, 1.54) is 50.1 Å². The van der Waals surface area contributed by atoms with Crippen molar-refractivity contribution in [3.63, 3.8) is 0 Å². The van der Waals surface area contributed by atoms with Gasteiger partial charge in [0.25, 0.3) is 0 Å². The topological polar surface area (TPSA) is 51.8 Å². The third-order valence-electron chi connectivity index (χ3n) is 9.44. The Morgan fingerprint density at radius 2 is 1.22 bits per heavy atom. The number of aryl methyl sites for hydroxylation is 7. The monoisotopic (exact) mass is 842 g/mol. The van der Waals surface area contributed by atoms with Crippen LogP contribution in [-0.4, -0.2) is 15.0 Å². The molecule has 8 rings (SSSR count). The average Bonchev–Trinajstić information content (AvgIpc) is 3.50. The molecular weight excluding hydrogens is 803 g/mol. The number of furan rings is 1. The number of pyridine rings is 3. The molecular formula is C46H39IrN3O-2. The Hall–Kier alpha value is -5.22. The number of aromatic nitrogens is 3. The summed E-state index contributed by atoms with van der Waals surface area (Å²) >= 11 is 0. The van der Waals surface area contributed by atoms with Crippen LogP contribution in [0.1, 0.15) is 38.9 Å². The van der Waals surface area contributed by atoms with E-state index in [0.717, 1.165) is 50.1 Å². The van der Waals surface area contributed by atoms with Crippen LogP contribution in [0, 0.1) is 60.6 Å². The van der Waals surface area contributed by atoms with Gasteiger partial charge in [0.1, 0.15) is 0 Å². The summed E-state index contributed by atoms with van der Waals surface area (Å²) in [4.78, 5) is 14.0. The molecule has 4 aromatic carbocycles. The van der Waals surface area contributed by atoms with Gasteiger partial charge in [-0.25, -0.2) is 4.98 Å². The second kappa shape index (κ2) is 14.9. The number of rotatable bonds is 4. The zero-order valence-electron chi connectivity index (χ0n) is 30.0. The van der Waals surface area contributed by atoms with Gasteiger partial charge in [-0.2, -0.15) is 0 Å². The molecule has 0 N–H and O–H groups in total. The fourth-order valence-electron chi connectivity index (χ4n) is 6.31. The Morgan fingerprint density at radius 3 is 1.86 bits per heavy atom. The maximum absolute atomic E-state index is 6.36. The van der Waals surface area contributed by atoms with Crippen LogP contribution in [-0.2, 0) is 20.1 Å². The van der Waals surface area contributed by atoms with Crippen molar-refractivity contribution in [3.8, 4) is 44.9 Å². The molecule has 0 aliphatic carbocycles. The first kappa shape index (κ1) is 35.6. The number of hydrogen-bond acceptors (Lipinski definition) is 4. The summed E-state index contributed by atoms with van der Waals surface area (Å²) in [5.41, 5.74) is 18.2. The van der Waals surface area contributed by atoms with Gasteiger partial charge in [-0.15, -0.1) is 53.6 Å². The minimum Gasteiger partial charge on any atom is -0.486 e. The third-order valence-corrected chi connectivity index (χ3v) is 9.44. The van der Waals surface area contributed by atoms with Gasteiger partial charge in [-0.05, 0) is 98.4 Å². The van der Waals surface area contributed by atoms with Crippen molar-refractivity contribution in [1.82, 2.24) is 15.0 Å². The molecule has 5 heteroatoms. The summed E-state index contributed by atoms with van der Waals surface area (Å²) in [5, 5.41) is 2.03. The van der Waals surface area contributed by atoms with Crippen molar-refractivity contribution >= 4 is 22.1 Å². The molecule has 51 heavy (non-hydrogen) atoms. The predicted molar refractivity (Wildman–Crippen MR) is 206 cm³/mol. The largest absolute Gasteiger partial charge is 0.486 e. The molecule has 0 aliphatic rings.